The van der Waals surface area contributed by atoms with Crippen LogP contribution in [0.5, 0.6) is 0 Å². The van der Waals surface area contributed by atoms with E-state index in [1.807, 2.05) is 23.5 Å². The molecule has 3 nitrogen and oxygen atoms in total. The number of nitrogens with zero attached hydrogens (tertiary/aromatic N) is 1. The number of para-hydroxylation sites is 1. The molecular weight excluding hydrogens is 655 g/mol. The Hall–Kier alpha value is -6.62. The van der Waals surface area contributed by atoms with Gasteiger partial charge in [-0.25, -0.2) is 0 Å². The highest BCUT2D eigenvalue weighted by Crippen LogP contribution is 2.48. The molecule has 0 aliphatic carbocycles. The van der Waals surface area contributed by atoms with Crippen molar-refractivity contribution in [1.82, 2.24) is 0 Å². The molecule has 0 aliphatic rings. The number of rotatable bonds is 5. The maximum atomic E-state index is 6.61. The highest BCUT2D eigenvalue weighted by Gasteiger charge is 2.22. The molecule has 3 heterocycles. The predicted octanol–water partition coefficient (Wildman–Crippen LogP) is 14.7. The molecule has 3 aromatic heterocycles. The maximum absolute atomic E-state index is 6.61. The Labute approximate surface area is 303 Å². The van der Waals surface area contributed by atoms with E-state index < -0.39 is 0 Å². The normalized spacial score (nSPS) is 11.8. The van der Waals surface area contributed by atoms with Gasteiger partial charge in [-0.15, -0.1) is 11.3 Å². The van der Waals surface area contributed by atoms with Gasteiger partial charge in [0.25, 0.3) is 0 Å². The van der Waals surface area contributed by atoms with Crippen molar-refractivity contribution in [3.05, 3.63) is 176 Å². The molecular formula is C48H29NO2S. The van der Waals surface area contributed by atoms with Crippen LogP contribution in [0.3, 0.4) is 0 Å². The van der Waals surface area contributed by atoms with E-state index in [4.69, 9.17) is 8.83 Å². The molecule has 244 valence electrons. The van der Waals surface area contributed by atoms with Gasteiger partial charge in [-0.2, -0.15) is 0 Å². The first-order chi connectivity index (χ1) is 25.8. The van der Waals surface area contributed by atoms with E-state index in [1.165, 1.54) is 31.3 Å². The molecule has 4 heteroatoms. The lowest BCUT2D eigenvalue weighted by Gasteiger charge is -2.26. The van der Waals surface area contributed by atoms with Crippen LogP contribution in [0, 0.1) is 0 Å². The average Bonchev–Trinajstić information content (AvgIpc) is 3.90. The van der Waals surface area contributed by atoms with Crippen molar-refractivity contribution in [3.63, 3.8) is 0 Å². The van der Waals surface area contributed by atoms with E-state index in [-0.39, 0.29) is 0 Å². The van der Waals surface area contributed by atoms with Crippen molar-refractivity contribution in [1.29, 1.82) is 0 Å². The molecule has 0 saturated heterocycles. The Kier molecular flexibility index (Phi) is 6.42. The zero-order valence-electron chi connectivity index (χ0n) is 27.9. The Morgan fingerprint density at radius 2 is 0.962 bits per heavy atom. The van der Waals surface area contributed by atoms with Crippen LogP contribution in [0.2, 0.25) is 0 Å². The number of anilines is 3. The van der Waals surface area contributed by atoms with Gasteiger partial charge < -0.3 is 13.7 Å². The van der Waals surface area contributed by atoms with Gasteiger partial charge in [0.1, 0.15) is 22.3 Å². The number of benzene rings is 8. The quantitative estimate of drug-likeness (QED) is 0.181. The molecule has 11 aromatic rings. The lowest BCUT2D eigenvalue weighted by molar-refractivity contribution is 0.668. The Morgan fingerprint density at radius 3 is 1.77 bits per heavy atom. The van der Waals surface area contributed by atoms with Crippen molar-refractivity contribution in [2.24, 2.45) is 0 Å². The molecule has 0 radical (unpaired) electrons. The average molecular weight is 684 g/mol. The highest BCUT2D eigenvalue weighted by atomic mass is 32.1. The van der Waals surface area contributed by atoms with Gasteiger partial charge in [0, 0.05) is 47.7 Å². The summed E-state index contributed by atoms with van der Waals surface area (Å²) < 4.78 is 15.4. The Morgan fingerprint density at radius 1 is 0.365 bits per heavy atom. The summed E-state index contributed by atoms with van der Waals surface area (Å²) in [6, 6.07) is 62.4. The SMILES string of the molecule is c1ccc(-c2ccc(N(c3ccc(-c4cccc5oc6ccccc6c45)cc3)c3cccc4oc5ccc6c7ccccc7sc6c5c34)cc2)cc1. The summed E-state index contributed by atoms with van der Waals surface area (Å²) in [5, 5.41) is 7.07. The first kappa shape index (κ1) is 29.1. The van der Waals surface area contributed by atoms with E-state index in [0.717, 1.165) is 72.1 Å². The van der Waals surface area contributed by atoms with Gasteiger partial charge in [-0.3, -0.25) is 0 Å². The smallest absolute Gasteiger partial charge is 0.137 e. The molecule has 0 aliphatic heterocycles. The molecule has 11 rings (SSSR count). The third-order valence-corrected chi connectivity index (χ3v) is 11.5. The molecule has 52 heavy (non-hydrogen) atoms. The van der Waals surface area contributed by atoms with Gasteiger partial charge in [-0.1, -0.05) is 109 Å². The summed E-state index contributed by atoms with van der Waals surface area (Å²) in [4.78, 5) is 2.37. The zero-order valence-corrected chi connectivity index (χ0v) is 28.7. The van der Waals surface area contributed by atoms with Crippen molar-refractivity contribution in [2.75, 3.05) is 4.90 Å². The molecule has 0 unspecified atom stereocenters. The van der Waals surface area contributed by atoms with Crippen LogP contribution < -0.4 is 4.90 Å². The summed E-state index contributed by atoms with van der Waals surface area (Å²) in [7, 11) is 0. The highest BCUT2D eigenvalue weighted by molar-refractivity contribution is 7.26. The molecule has 0 bridgehead atoms. The second kappa shape index (κ2) is 11.5. The largest absolute Gasteiger partial charge is 0.456 e. The monoisotopic (exact) mass is 683 g/mol. The fraction of sp³-hybridized carbons (Fsp3) is 0. The third kappa shape index (κ3) is 4.45. The maximum Gasteiger partial charge on any atom is 0.137 e. The summed E-state index contributed by atoms with van der Waals surface area (Å²) in [5.41, 5.74) is 11.4. The van der Waals surface area contributed by atoms with Crippen LogP contribution >= 0.6 is 11.3 Å². The molecule has 0 amide bonds. The van der Waals surface area contributed by atoms with Crippen LogP contribution in [0.1, 0.15) is 0 Å². The number of fused-ring (bicyclic) bond motifs is 10. The van der Waals surface area contributed by atoms with E-state index in [1.54, 1.807) is 0 Å². The van der Waals surface area contributed by atoms with Crippen LogP contribution in [0.25, 0.3) is 86.3 Å². The van der Waals surface area contributed by atoms with E-state index in [0.29, 0.717) is 0 Å². The first-order valence-corrected chi connectivity index (χ1v) is 18.3. The number of hydrogen-bond acceptors (Lipinski definition) is 4. The predicted molar refractivity (Wildman–Crippen MR) is 219 cm³/mol. The molecule has 0 atom stereocenters. The lowest BCUT2D eigenvalue weighted by atomic mass is 9.98. The Bertz CT molecular complexity index is 3110. The first-order valence-electron chi connectivity index (χ1n) is 17.5. The summed E-state index contributed by atoms with van der Waals surface area (Å²) >= 11 is 1.84. The summed E-state index contributed by atoms with van der Waals surface area (Å²) in [6.07, 6.45) is 0. The second-order valence-electron chi connectivity index (χ2n) is 13.2. The fourth-order valence-corrected chi connectivity index (χ4v) is 9.17. The molecule has 0 fully saturated rings. The van der Waals surface area contributed by atoms with E-state index in [9.17, 15) is 0 Å². The molecule has 8 aromatic carbocycles. The zero-order chi connectivity index (χ0) is 34.2. The fourth-order valence-electron chi connectivity index (χ4n) is 7.92. The van der Waals surface area contributed by atoms with Crippen LogP contribution in [-0.4, -0.2) is 0 Å². The minimum atomic E-state index is 0.874. The van der Waals surface area contributed by atoms with Crippen LogP contribution in [0.4, 0.5) is 17.1 Å². The molecule has 0 spiro atoms. The Balaban J connectivity index is 1.13. The second-order valence-corrected chi connectivity index (χ2v) is 14.3. The molecule has 0 N–H and O–H groups in total. The summed E-state index contributed by atoms with van der Waals surface area (Å²) in [5.74, 6) is 0. The van der Waals surface area contributed by atoms with Gasteiger partial charge >= 0.3 is 0 Å². The standard InChI is InChI=1S/C48H29NO2S/c1-2-10-30(11-3-1)31-20-24-33(25-21-31)49(34-26-22-32(23-27-34)35-14-8-17-41-45(35)38-13-4-6-16-40(38)50-41)39-15-9-18-42-46(39)47-43(51-42)29-28-37-36-12-5-7-19-44(36)52-48(37)47/h1-29H. The third-order valence-electron chi connectivity index (χ3n) is 10.3. The van der Waals surface area contributed by atoms with Crippen LogP contribution in [-0.2, 0) is 0 Å². The number of hydrogen-bond donors (Lipinski definition) is 0. The topological polar surface area (TPSA) is 29.5 Å². The van der Waals surface area contributed by atoms with Crippen molar-refractivity contribution >= 4 is 92.4 Å². The van der Waals surface area contributed by atoms with Gasteiger partial charge in [0.05, 0.1) is 11.1 Å². The number of furan rings is 2. The van der Waals surface area contributed by atoms with E-state index >= 15 is 0 Å². The van der Waals surface area contributed by atoms with Crippen molar-refractivity contribution in [2.45, 2.75) is 0 Å². The van der Waals surface area contributed by atoms with Gasteiger partial charge in [-0.05, 0) is 89.0 Å². The van der Waals surface area contributed by atoms with Gasteiger partial charge in [0.2, 0.25) is 0 Å². The minimum absolute atomic E-state index is 0.874. The minimum Gasteiger partial charge on any atom is -0.456 e. The molecule has 0 saturated carbocycles. The van der Waals surface area contributed by atoms with Gasteiger partial charge in [0.15, 0.2) is 0 Å². The van der Waals surface area contributed by atoms with Crippen molar-refractivity contribution in [3.8, 4) is 22.3 Å². The van der Waals surface area contributed by atoms with E-state index in [2.05, 4.69) is 169 Å². The lowest BCUT2D eigenvalue weighted by Crippen LogP contribution is -2.10. The van der Waals surface area contributed by atoms with Crippen molar-refractivity contribution < 1.29 is 8.83 Å². The van der Waals surface area contributed by atoms with Crippen LogP contribution in [0.15, 0.2) is 185 Å². The number of thiophene rings is 1. The summed E-state index contributed by atoms with van der Waals surface area (Å²) in [6.45, 7) is 0.